The van der Waals surface area contributed by atoms with E-state index in [-0.39, 0.29) is 17.0 Å². The normalized spacial score (nSPS) is 11.9. The molecule has 0 unspecified atom stereocenters. The molecule has 68 valence electrons. The van der Waals surface area contributed by atoms with E-state index < -0.39 is 5.97 Å². The van der Waals surface area contributed by atoms with E-state index in [0.717, 1.165) is 0 Å². The molecule has 4 heteroatoms. The van der Waals surface area contributed by atoms with Gasteiger partial charge in [0.2, 0.25) is 0 Å². The number of aliphatic hydroxyl groups excluding tert-OH is 1. The van der Waals surface area contributed by atoms with E-state index >= 15 is 0 Å². The largest absolute Gasteiger partial charge is 0.512 e. The fourth-order valence-corrected chi connectivity index (χ4v) is 0.768. The average Bonchev–Trinajstić information content (AvgIpc) is 2.03. The van der Waals surface area contributed by atoms with Gasteiger partial charge in [-0.25, -0.2) is 4.79 Å². The maximum Gasteiger partial charge on any atom is 0.343 e. The molecule has 2 N–H and O–H groups in total. The number of rotatable bonds is 3. The lowest BCUT2D eigenvalue weighted by atomic mass is 10.1. The van der Waals surface area contributed by atoms with E-state index in [4.69, 9.17) is 10.5 Å². The van der Waals surface area contributed by atoms with Crippen molar-refractivity contribution in [1.82, 2.24) is 0 Å². The van der Waals surface area contributed by atoms with E-state index in [1.54, 1.807) is 6.92 Å². The summed E-state index contributed by atoms with van der Waals surface area (Å²) < 4.78 is 4.40. The minimum Gasteiger partial charge on any atom is -0.512 e. The quantitative estimate of drug-likeness (QED) is 0.292. The first kappa shape index (κ1) is 10.7. The Bertz CT molecular complexity index is 208. The van der Waals surface area contributed by atoms with Gasteiger partial charge in [0.05, 0.1) is 7.11 Å². The summed E-state index contributed by atoms with van der Waals surface area (Å²) in [6.45, 7) is 3.09. The van der Waals surface area contributed by atoms with E-state index in [2.05, 4.69) is 4.74 Å². The molecule has 0 rings (SSSR count). The van der Waals surface area contributed by atoms with Gasteiger partial charge in [-0.05, 0) is 13.3 Å². The third kappa shape index (κ3) is 2.38. The van der Waals surface area contributed by atoms with Gasteiger partial charge in [-0.3, -0.25) is 0 Å². The van der Waals surface area contributed by atoms with Crippen LogP contribution >= 0.6 is 0 Å². The summed E-state index contributed by atoms with van der Waals surface area (Å²) >= 11 is 0. The van der Waals surface area contributed by atoms with Crippen LogP contribution in [0.1, 0.15) is 20.3 Å². The third-order valence-electron chi connectivity index (χ3n) is 1.41. The predicted octanol–water partition coefficient (Wildman–Crippen LogP) is 1.42. The molecule has 0 amide bonds. The lowest BCUT2D eigenvalue weighted by Crippen LogP contribution is -2.15. The van der Waals surface area contributed by atoms with E-state index in [9.17, 15) is 4.79 Å². The van der Waals surface area contributed by atoms with E-state index in [0.29, 0.717) is 6.42 Å². The molecule has 0 aromatic heterocycles. The molecule has 0 radical (unpaired) electrons. The molecule has 0 aromatic carbocycles. The Morgan fingerprint density at radius 2 is 2.08 bits per heavy atom. The van der Waals surface area contributed by atoms with E-state index in [1.165, 1.54) is 14.0 Å². The van der Waals surface area contributed by atoms with Gasteiger partial charge >= 0.3 is 5.97 Å². The molecular formula is C8H13NO3. The predicted molar refractivity (Wildman–Crippen MR) is 45.4 cm³/mol. The van der Waals surface area contributed by atoms with Crippen LogP contribution in [-0.4, -0.2) is 23.9 Å². The maximum absolute atomic E-state index is 11.0. The lowest BCUT2D eigenvalue weighted by Gasteiger charge is -2.05. The number of hydrogen-bond donors (Lipinski definition) is 2. The zero-order chi connectivity index (χ0) is 9.72. The molecule has 0 atom stereocenters. The molecule has 0 heterocycles. The Labute approximate surface area is 71.4 Å². The van der Waals surface area contributed by atoms with Crippen molar-refractivity contribution in [3.05, 3.63) is 11.3 Å². The number of allylic oxidation sites excluding steroid dienone is 1. The Hall–Kier alpha value is -1.32. The molecule has 0 aromatic rings. The number of aliphatic hydroxyl groups is 1. The van der Waals surface area contributed by atoms with Crippen molar-refractivity contribution in [1.29, 1.82) is 5.41 Å². The number of ether oxygens (including phenoxy) is 1. The van der Waals surface area contributed by atoms with E-state index in [1.807, 2.05) is 0 Å². The smallest absolute Gasteiger partial charge is 0.343 e. The summed E-state index contributed by atoms with van der Waals surface area (Å²) in [4.78, 5) is 11.0. The van der Waals surface area contributed by atoms with Crippen LogP contribution in [0.25, 0.3) is 0 Å². The average molecular weight is 171 g/mol. The standard InChI is InChI=1S/C8H13NO3/c1-4-6(9)7(5(2)10)8(11)12-3/h9-10H,4H2,1-3H3/b7-5+,9-6?. The van der Waals surface area contributed by atoms with Crippen LogP contribution in [0.3, 0.4) is 0 Å². The molecule has 0 fully saturated rings. The Kier molecular flexibility index (Phi) is 4.04. The minimum absolute atomic E-state index is 0.0417. The SMILES string of the molecule is CCC(=N)/C(C(=O)OC)=C(/C)O. The highest BCUT2D eigenvalue weighted by atomic mass is 16.5. The van der Waals surface area contributed by atoms with Gasteiger partial charge in [-0.1, -0.05) is 6.92 Å². The monoisotopic (exact) mass is 171 g/mol. The van der Waals surface area contributed by atoms with Crippen LogP contribution in [0, 0.1) is 5.41 Å². The second kappa shape index (κ2) is 4.54. The van der Waals surface area contributed by atoms with Gasteiger partial charge in [0, 0.05) is 5.71 Å². The first-order valence-electron chi connectivity index (χ1n) is 3.60. The summed E-state index contributed by atoms with van der Waals surface area (Å²) in [5, 5.41) is 16.4. The maximum atomic E-state index is 11.0. The van der Waals surface area contributed by atoms with Crippen LogP contribution in [0.5, 0.6) is 0 Å². The Morgan fingerprint density at radius 1 is 1.58 bits per heavy atom. The number of hydrogen-bond acceptors (Lipinski definition) is 4. The number of nitrogens with one attached hydrogen (secondary N) is 1. The van der Waals surface area contributed by atoms with Crippen LogP contribution in [-0.2, 0) is 9.53 Å². The van der Waals surface area contributed by atoms with Gasteiger partial charge in [0.15, 0.2) is 0 Å². The van der Waals surface area contributed by atoms with Crippen LogP contribution < -0.4 is 0 Å². The highest BCUT2D eigenvalue weighted by Crippen LogP contribution is 2.07. The fourth-order valence-electron chi connectivity index (χ4n) is 0.768. The van der Waals surface area contributed by atoms with Crippen molar-refractivity contribution >= 4 is 11.7 Å². The second-order valence-corrected chi connectivity index (χ2v) is 2.28. The fraction of sp³-hybridized carbons (Fsp3) is 0.500. The van der Waals surface area contributed by atoms with Gasteiger partial charge < -0.3 is 15.3 Å². The molecule has 0 aliphatic carbocycles. The summed E-state index contributed by atoms with van der Waals surface area (Å²) in [6.07, 6.45) is 0.391. The van der Waals surface area contributed by atoms with Gasteiger partial charge in [-0.2, -0.15) is 0 Å². The van der Waals surface area contributed by atoms with Crippen LogP contribution in [0.15, 0.2) is 11.3 Å². The first-order valence-corrected chi connectivity index (χ1v) is 3.60. The van der Waals surface area contributed by atoms with Crippen molar-refractivity contribution in [2.45, 2.75) is 20.3 Å². The molecule has 0 aliphatic heterocycles. The van der Waals surface area contributed by atoms with Gasteiger partial charge in [0.1, 0.15) is 11.3 Å². The number of esters is 1. The Balaban J connectivity index is 4.83. The molecule has 0 bridgehead atoms. The highest BCUT2D eigenvalue weighted by Gasteiger charge is 2.16. The first-order chi connectivity index (χ1) is 5.54. The molecule has 0 aliphatic rings. The Morgan fingerprint density at radius 3 is 2.33 bits per heavy atom. The van der Waals surface area contributed by atoms with Gasteiger partial charge in [-0.15, -0.1) is 0 Å². The molecule has 0 saturated heterocycles. The molecule has 12 heavy (non-hydrogen) atoms. The summed E-state index contributed by atoms with van der Waals surface area (Å²) in [5.41, 5.74) is 0.0434. The molecule has 0 saturated carbocycles. The number of carbonyl (C=O) groups is 1. The van der Waals surface area contributed by atoms with Crippen molar-refractivity contribution < 1.29 is 14.6 Å². The summed E-state index contributed by atoms with van der Waals surface area (Å²) in [7, 11) is 1.22. The van der Waals surface area contributed by atoms with Crippen molar-refractivity contribution in [3.63, 3.8) is 0 Å². The molecular weight excluding hydrogens is 158 g/mol. The summed E-state index contributed by atoms with van der Waals surface area (Å²) in [6, 6.07) is 0. The second-order valence-electron chi connectivity index (χ2n) is 2.28. The number of methoxy groups -OCH3 is 1. The zero-order valence-electron chi connectivity index (χ0n) is 7.47. The third-order valence-corrected chi connectivity index (χ3v) is 1.41. The van der Waals surface area contributed by atoms with Crippen molar-refractivity contribution in [3.8, 4) is 0 Å². The topological polar surface area (TPSA) is 70.4 Å². The summed E-state index contributed by atoms with van der Waals surface area (Å²) in [5.74, 6) is -0.837. The van der Waals surface area contributed by atoms with Crippen molar-refractivity contribution in [2.24, 2.45) is 0 Å². The highest BCUT2D eigenvalue weighted by molar-refractivity contribution is 6.18. The molecule has 0 spiro atoms. The molecule has 4 nitrogen and oxygen atoms in total. The van der Waals surface area contributed by atoms with Crippen molar-refractivity contribution in [2.75, 3.05) is 7.11 Å². The number of carbonyl (C=O) groups excluding carboxylic acids is 1. The van der Waals surface area contributed by atoms with Crippen LogP contribution in [0.4, 0.5) is 0 Å². The van der Waals surface area contributed by atoms with Gasteiger partial charge in [0.25, 0.3) is 0 Å². The lowest BCUT2D eigenvalue weighted by molar-refractivity contribution is -0.135. The zero-order valence-corrected chi connectivity index (χ0v) is 7.47. The van der Waals surface area contributed by atoms with Crippen LogP contribution in [0.2, 0.25) is 0 Å². The minimum atomic E-state index is -0.665.